The van der Waals surface area contributed by atoms with E-state index in [1.807, 2.05) is 13.0 Å². The van der Waals surface area contributed by atoms with Crippen LogP contribution in [0.4, 0.5) is 0 Å². The number of aryl methyl sites for hydroxylation is 1. The van der Waals surface area contributed by atoms with Crippen molar-refractivity contribution in [3.05, 3.63) is 34.6 Å². The van der Waals surface area contributed by atoms with Gasteiger partial charge in [0, 0.05) is 24.4 Å². The fourth-order valence-corrected chi connectivity index (χ4v) is 1.75. The summed E-state index contributed by atoms with van der Waals surface area (Å²) in [6, 6.07) is 5.33. The zero-order valence-electron chi connectivity index (χ0n) is 11.0. The lowest BCUT2D eigenvalue weighted by Crippen LogP contribution is -2.15. The number of nitrogens with one attached hydrogen (secondary N) is 2. The number of halogens is 1. The highest BCUT2D eigenvalue weighted by atomic mass is 35.5. The van der Waals surface area contributed by atoms with Gasteiger partial charge in [-0.25, -0.2) is 4.98 Å². The van der Waals surface area contributed by atoms with Gasteiger partial charge in [0.05, 0.1) is 10.7 Å². The third-order valence-corrected chi connectivity index (χ3v) is 2.85. The standard InChI is InChI=1S/C13H17ClN4O/c1-3-6-15-8-11-10(14)4-5-12(16-11)19-13-7-9(2)17-18-13/h4-5,7,15H,3,6,8H2,1-2H3,(H,17,18). The molecule has 0 aliphatic rings. The predicted octanol–water partition coefficient (Wildman–Crippen LogP) is 3.06. The lowest BCUT2D eigenvalue weighted by Gasteiger charge is -2.07. The van der Waals surface area contributed by atoms with Crippen LogP contribution in [0.5, 0.6) is 11.8 Å². The van der Waals surface area contributed by atoms with Gasteiger partial charge in [-0.3, -0.25) is 5.10 Å². The maximum atomic E-state index is 6.10. The van der Waals surface area contributed by atoms with Crippen molar-refractivity contribution in [3.8, 4) is 11.8 Å². The molecule has 0 saturated carbocycles. The molecule has 0 aliphatic heterocycles. The Morgan fingerprint density at radius 2 is 2.21 bits per heavy atom. The van der Waals surface area contributed by atoms with Crippen LogP contribution in [0.25, 0.3) is 0 Å². The topological polar surface area (TPSA) is 62.8 Å². The lowest BCUT2D eigenvalue weighted by molar-refractivity contribution is 0.440. The van der Waals surface area contributed by atoms with E-state index in [9.17, 15) is 0 Å². The quantitative estimate of drug-likeness (QED) is 0.798. The molecule has 2 aromatic heterocycles. The Labute approximate surface area is 117 Å². The molecular weight excluding hydrogens is 264 g/mol. The first-order valence-corrected chi connectivity index (χ1v) is 6.63. The molecule has 2 heterocycles. The van der Waals surface area contributed by atoms with E-state index in [1.54, 1.807) is 12.1 Å². The second-order valence-corrected chi connectivity index (χ2v) is 4.65. The first kappa shape index (κ1) is 13.8. The minimum atomic E-state index is 0.490. The molecule has 2 aromatic rings. The summed E-state index contributed by atoms with van der Waals surface area (Å²) in [6.45, 7) is 5.59. The van der Waals surface area contributed by atoms with Crippen LogP contribution in [0.2, 0.25) is 5.02 Å². The van der Waals surface area contributed by atoms with E-state index in [-0.39, 0.29) is 0 Å². The molecule has 0 atom stereocenters. The Balaban J connectivity index is 2.07. The van der Waals surface area contributed by atoms with Gasteiger partial charge in [-0.05, 0) is 26.0 Å². The zero-order valence-corrected chi connectivity index (χ0v) is 11.8. The Hall–Kier alpha value is -1.59. The maximum Gasteiger partial charge on any atom is 0.240 e. The number of aromatic amines is 1. The van der Waals surface area contributed by atoms with Gasteiger partial charge in [0.1, 0.15) is 0 Å². The average Bonchev–Trinajstić information content (AvgIpc) is 2.79. The number of aromatic nitrogens is 3. The second kappa shape index (κ2) is 6.54. The Morgan fingerprint density at radius 1 is 1.37 bits per heavy atom. The van der Waals surface area contributed by atoms with Gasteiger partial charge in [-0.1, -0.05) is 18.5 Å². The molecule has 0 fully saturated rings. The Kier molecular flexibility index (Phi) is 4.76. The molecule has 2 rings (SSSR count). The first-order chi connectivity index (χ1) is 9.19. The van der Waals surface area contributed by atoms with Crippen LogP contribution in [0.15, 0.2) is 18.2 Å². The van der Waals surface area contributed by atoms with Crippen molar-refractivity contribution in [2.75, 3.05) is 6.54 Å². The fraction of sp³-hybridized carbons (Fsp3) is 0.385. The number of rotatable bonds is 6. The molecular formula is C13H17ClN4O. The van der Waals surface area contributed by atoms with Gasteiger partial charge in [0.15, 0.2) is 0 Å². The molecule has 0 bridgehead atoms. The van der Waals surface area contributed by atoms with Crippen molar-refractivity contribution in [2.45, 2.75) is 26.8 Å². The van der Waals surface area contributed by atoms with Gasteiger partial charge in [-0.2, -0.15) is 0 Å². The molecule has 102 valence electrons. The zero-order chi connectivity index (χ0) is 13.7. The monoisotopic (exact) mass is 280 g/mol. The van der Waals surface area contributed by atoms with Crippen molar-refractivity contribution < 1.29 is 4.74 Å². The molecule has 0 unspecified atom stereocenters. The minimum Gasteiger partial charge on any atom is -0.419 e. The highest BCUT2D eigenvalue weighted by Crippen LogP contribution is 2.22. The summed E-state index contributed by atoms with van der Waals surface area (Å²) in [5.41, 5.74) is 1.72. The Bertz CT molecular complexity index is 541. The van der Waals surface area contributed by atoms with Crippen molar-refractivity contribution in [3.63, 3.8) is 0 Å². The molecule has 0 radical (unpaired) electrons. The van der Waals surface area contributed by atoms with E-state index in [0.717, 1.165) is 24.4 Å². The van der Waals surface area contributed by atoms with Gasteiger partial charge in [0.25, 0.3) is 0 Å². The van der Waals surface area contributed by atoms with E-state index in [4.69, 9.17) is 16.3 Å². The number of hydrogen-bond acceptors (Lipinski definition) is 4. The lowest BCUT2D eigenvalue weighted by atomic mass is 10.3. The summed E-state index contributed by atoms with van der Waals surface area (Å²) in [5.74, 6) is 0.990. The van der Waals surface area contributed by atoms with E-state index < -0.39 is 0 Å². The highest BCUT2D eigenvalue weighted by Gasteiger charge is 2.07. The van der Waals surface area contributed by atoms with E-state index in [2.05, 4.69) is 27.4 Å². The summed E-state index contributed by atoms with van der Waals surface area (Å²) in [5, 5.41) is 10.7. The number of hydrogen-bond donors (Lipinski definition) is 2. The molecule has 2 N–H and O–H groups in total. The van der Waals surface area contributed by atoms with E-state index >= 15 is 0 Å². The molecule has 19 heavy (non-hydrogen) atoms. The predicted molar refractivity (Wildman–Crippen MR) is 74.6 cm³/mol. The second-order valence-electron chi connectivity index (χ2n) is 4.25. The molecule has 0 aromatic carbocycles. The fourth-order valence-electron chi connectivity index (χ4n) is 1.58. The van der Waals surface area contributed by atoms with Crippen LogP contribution in [0, 0.1) is 6.92 Å². The molecule has 0 amide bonds. The number of pyridine rings is 1. The van der Waals surface area contributed by atoms with Crippen molar-refractivity contribution in [2.24, 2.45) is 0 Å². The number of nitrogens with zero attached hydrogens (tertiary/aromatic N) is 2. The molecule has 5 nitrogen and oxygen atoms in total. The third kappa shape index (κ3) is 3.94. The molecule has 0 saturated heterocycles. The third-order valence-electron chi connectivity index (χ3n) is 2.50. The number of ether oxygens (including phenoxy) is 1. The van der Waals surface area contributed by atoms with E-state index in [0.29, 0.717) is 23.3 Å². The number of H-pyrrole nitrogens is 1. The first-order valence-electron chi connectivity index (χ1n) is 6.25. The average molecular weight is 281 g/mol. The van der Waals surface area contributed by atoms with Crippen molar-refractivity contribution >= 4 is 11.6 Å². The van der Waals surface area contributed by atoms with Crippen LogP contribution in [0.3, 0.4) is 0 Å². The van der Waals surface area contributed by atoms with Crippen LogP contribution in [-0.2, 0) is 6.54 Å². The molecule has 6 heteroatoms. The summed E-state index contributed by atoms with van der Waals surface area (Å²) in [6.07, 6.45) is 1.07. The Morgan fingerprint density at radius 3 is 2.89 bits per heavy atom. The summed E-state index contributed by atoms with van der Waals surface area (Å²) in [4.78, 5) is 4.38. The SMILES string of the molecule is CCCNCc1nc(Oc2cc(C)[nH]n2)ccc1Cl. The van der Waals surface area contributed by atoms with Gasteiger partial charge < -0.3 is 10.1 Å². The molecule has 0 aliphatic carbocycles. The van der Waals surface area contributed by atoms with Crippen LogP contribution in [0.1, 0.15) is 24.7 Å². The van der Waals surface area contributed by atoms with E-state index in [1.165, 1.54) is 0 Å². The van der Waals surface area contributed by atoms with Crippen molar-refractivity contribution in [1.82, 2.24) is 20.5 Å². The normalized spacial score (nSPS) is 10.7. The van der Waals surface area contributed by atoms with Crippen molar-refractivity contribution in [1.29, 1.82) is 0 Å². The largest absolute Gasteiger partial charge is 0.419 e. The van der Waals surface area contributed by atoms with Crippen LogP contribution >= 0.6 is 11.6 Å². The summed E-state index contributed by atoms with van der Waals surface area (Å²) < 4.78 is 5.56. The van der Waals surface area contributed by atoms with Gasteiger partial charge in [-0.15, -0.1) is 5.10 Å². The van der Waals surface area contributed by atoms with Gasteiger partial charge in [0.2, 0.25) is 11.8 Å². The maximum absolute atomic E-state index is 6.10. The summed E-state index contributed by atoms with van der Waals surface area (Å²) in [7, 11) is 0. The highest BCUT2D eigenvalue weighted by molar-refractivity contribution is 6.31. The van der Waals surface area contributed by atoms with Crippen LogP contribution in [-0.4, -0.2) is 21.7 Å². The summed E-state index contributed by atoms with van der Waals surface area (Å²) >= 11 is 6.10. The van der Waals surface area contributed by atoms with Crippen LogP contribution < -0.4 is 10.1 Å². The minimum absolute atomic E-state index is 0.490. The smallest absolute Gasteiger partial charge is 0.240 e. The molecule has 0 spiro atoms. The van der Waals surface area contributed by atoms with Gasteiger partial charge >= 0.3 is 0 Å².